The molecule has 9 heteroatoms. The van der Waals surface area contributed by atoms with E-state index in [9.17, 15) is 29.4 Å². The summed E-state index contributed by atoms with van der Waals surface area (Å²) in [6, 6.07) is 0. The van der Waals surface area contributed by atoms with E-state index in [0.29, 0.717) is 0 Å². The average Bonchev–Trinajstić information content (AvgIpc) is 2.62. The normalized spacial score (nSPS) is 34.9. The van der Waals surface area contributed by atoms with Gasteiger partial charge in [0.05, 0.1) is 6.61 Å². The Morgan fingerprint density at radius 2 is 1.86 bits per heavy atom. The molecule has 1 heterocycles. The Balaban J connectivity index is 3.70. The van der Waals surface area contributed by atoms with Crippen LogP contribution < -0.4 is 0 Å². The largest absolute Gasteiger partial charge is 0.442 e. The lowest BCUT2D eigenvalue weighted by Gasteiger charge is -2.37. The summed E-state index contributed by atoms with van der Waals surface area (Å²) in [4.78, 5) is 49.1. The van der Waals surface area contributed by atoms with Crippen molar-refractivity contribution in [1.82, 2.24) is 0 Å². The molecule has 1 saturated heterocycles. The summed E-state index contributed by atoms with van der Waals surface area (Å²) >= 11 is 0. The molecule has 0 aliphatic carbocycles. The van der Waals surface area contributed by atoms with Crippen LogP contribution >= 0.6 is 0 Å². The first-order valence-electron chi connectivity index (χ1n) is 5.97. The van der Waals surface area contributed by atoms with Gasteiger partial charge in [-0.05, 0) is 13.8 Å². The summed E-state index contributed by atoms with van der Waals surface area (Å²) in [7, 11) is 0. The summed E-state index contributed by atoms with van der Waals surface area (Å²) in [6.07, 6.45) is -2.26. The van der Waals surface area contributed by atoms with Crippen LogP contribution in [0.25, 0.3) is 0 Å². The summed E-state index contributed by atoms with van der Waals surface area (Å²) in [5.41, 5.74) is -5.14. The van der Waals surface area contributed by atoms with Crippen molar-refractivity contribution >= 4 is 23.6 Å². The average molecular weight is 301 g/mol. The number of isocyanates is 1. The highest BCUT2D eigenvalue weighted by molar-refractivity contribution is 6.00. The fourth-order valence-corrected chi connectivity index (χ4v) is 2.44. The summed E-state index contributed by atoms with van der Waals surface area (Å²) in [5.74, 6) is -2.93. The van der Waals surface area contributed by atoms with E-state index < -0.39 is 47.7 Å². The minimum absolute atomic E-state index is 0.791. The van der Waals surface area contributed by atoms with Crippen LogP contribution in [0, 0.1) is 0 Å². The number of hydrogen-bond donors (Lipinski definition) is 2. The second kappa shape index (κ2) is 5.82. The smallest absolute Gasteiger partial charge is 0.303 e. The number of aliphatic hydroxyl groups excluding tert-OH is 2. The molecule has 0 spiro atoms. The molecule has 1 unspecified atom stereocenters. The van der Waals surface area contributed by atoms with E-state index in [2.05, 4.69) is 4.99 Å². The maximum Gasteiger partial charge on any atom is 0.303 e. The minimum atomic E-state index is -2.58. The van der Waals surface area contributed by atoms with Gasteiger partial charge in [0.25, 0.3) is 11.3 Å². The quantitative estimate of drug-likeness (QED) is 0.346. The van der Waals surface area contributed by atoms with Gasteiger partial charge in [0, 0.05) is 6.92 Å². The molecule has 1 rings (SSSR count). The first kappa shape index (κ1) is 17.1. The molecule has 0 saturated carbocycles. The number of rotatable bonds is 5. The van der Waals surface area contributed by atoms with Gasteiger partial charge in [0.2, 0.25) is 6.08 Å². The molecule has 0 amide bonds. The molecule has 4 atom stereocenters. The second-order valence-corrected chi connectivity index (χ2v) is 4.57. The van der Waals surface area contributed by atoms with Crippen LogP contribution in [0.3, 0.4) is 0 Å². The Bertz CT molecular complexity index is 521. The zero-order chi connectivity index (χ0) is 16.4. The van der Waals surface area contributed by atoms with Crippen LogP contribution in [0.1, 0.15) is 20.8 Å². The highest BCUT2D eigenvalue weighted by Crippen LogP contribution is 2.45. The van der Waals surface area contributed by atoms with Crippen molar-refractivity contribution in [3.63, 3.8) is 0 Å². The number of aliphatic hydroxyl groups is 2. The number of ether oxygens (including phenoxy) is 2. The topological polar surface area (TPSA) is 140 Å². The maximum atomic E-state index is 12.0. The van der Waals surface area contributed by atoms with Crippen molar-refractivity contribution in [2.45, 2.75) is 44.3 Å². The van der Waals surface area contributed by atoms with Crippen LogP contribution in [0.4, 0.5) is 0 Å². The van der Waals surface area contributed by atoms with Gasteiger partial charge in [-0.1, -0.05) is 0 Å². The third-order valence-electron chi connectivity index (χ3n) is 3.28. The predicted octanol–water partition coefficient (Wildman–Crippen LogP) is -1.75. The van der Waals surface area contributed by atoms with Crippen LogP contribution in [-0.2, 0) is 28.7 Å². The SMILES string of the molecule is CC(=O)O[C@]1(C(C)=O)[C@H](O)[C@@H](CO)OC1(N=C=O)C(C)=O. The van der Waals surface area contributed by atoms with Gasteiger partial charge in [0.1, 0.15) is 12.2 Å². The number of ketones is 2. The second-order valence-electron chi connectivity index (χ2n) is 4.57. The van der Waals surface area contributed by atoms with Crippen LogP contribution in [-0.4, -0.2) is 64.0 Å². The van der Waals surface area contributed by atoms with E-state index in [4.69, 9.17) is 9.47 Å². The van der Waals surface area contributed by atoms with Crippen molar-refractivity contribution in [3.05, 3.63) is 0 Å². The molecule has 21 heavy (non-hydrogen) atoms. The number of hydrogen-bond acceptors (Lipinski definition) is 9. The third-order valence-corrected chi connectivity index (χ3v) is 3.28. The maximum absolute atomic E-state index is 12.0. The van der Waals surface area contributed by atoms with Crippen LogP contribution in [0.5, 0.6) is 0 Å². The summed E-state index contributed by atoms with van der Waals surface area (Å²) < 4.78 is 9.98. The molecule has 116 valence electrons. The van der Waals surface area contributed by atoms with E-state index in [-0.39, 0.29) is 0 Å². The van der Waals surface area contributed by atoms with Crippen LogP contribution in [0.15, 0.2) is 4.99 Å². The molecule has 0 aromatic heterocycles. The Kier molecular flexibility index (Phi) is 4.75. The predicted molar refractivity (Wildman–Crippen MR) is 64.7 cm³/mol. The van der Waals surface area contributed by atoms with Gasteiger partial charge < -0.3 is 19.7 Å². The third kappa shape index (κ3) is 2.30. The lowest BCUT2D eigenvalue weighted by Crippen LogP contribution is -2.65. The molecule has 0 aromatic carbocycles. The van der Waals surface area contributed by atoms with E-state index in [1.807, 2.05) is 0 Å². The van der Waals surface area contributed by atoms with Gasteiger partial charge in [-0.3, -0.25) is 14.4 Å². The molecule has 1 aliphatic heterocycles. The lowest BCUT2D eigenvalue weighted by molar-refractivity contribution is -0.195. The molecule has 0 aromatic rings. The molecular weight excluding hydrogens is 286 g/mol. The number of Topliss-reactive ketones (excluding diaryl/α,β-unsaturated/α-hetero) is 2. The van der Waals surface area contributed by atoms with Crippen molar-refractivity contribution in [3.8, 4) is 0 Å². The molecule has 9 nitrogen and oxygen atoms in total. The highest BCUT2D eigenvalue weighted by Gasteiger charge is 2.74. The molecule has 1 aliphatic rings. The van der Waals surface area contributed by atoms with Gasteiger partial charge in [-0.25, -0.2) is 4.79 Å². The van der Waals surface area contributed by atoms with Crippen molar-refractivity contribution in [2.24, 2.45) is 4.99 Å². The van der Waals surface area contributed by atoms with E-state index in [1.54, 1.807) is 0 Å². The van der Waals surface area contributed by atoms with Gasteiger partial charge in [0.15, 0.2) is 11.6 Å². The van der Waals surface area contributed by atoms with Crippen molar-refractivity contribution < 1.29 is 38.9 Å². The molecule has 0 radical (unpaired) electrons. The van der Waals surface area contributed by atoms with E-state index >= 15 is 0 Å². The first-order chi connectivity index (χ1) is 9.69. The highest BCUT2D eigenvalue weighted by atomic mass is 16.6. The van der Waals surface area contributed by atoms with Gasteiger partial charge >= 0.3 is 5.97 Å². The molecule has 0 bridgehead atoms. The Labute approximate surface area is 119 Å². The van der Waals surface area contributed by atoms with Gasteiger partial charge in [-0.15, -0.1) is 0 Å². The number of nitrogens with zero attached hydrogens (tertiary/aromatic N) is 1. The Hall–Kier alpha value is -1.93. The number of carbonyl (C=O) groups excluding carboxylic acids is 4. The van der Waals surface area contributed by atoms with Crippen molar-refractivity contribution in [1.29, 1.82) is 0 Å². The standard InChI is InChI=1S/C12H15NO8/c1-6(16)11(20-8(3)18)10(19)9(4-14)21-12(11,7(2)17)13-5-15/h9-10,14,19H,4H2,1-3H3/t9-,10-,11-,12?/m1/s1. The minimum Gasteiger partial charge on any atom is -0.442 e. The first-order valence-corrected chi connectivity index (χ1v) is 5.97. The number of carbonyl (C=O) groups is 3. The Morgan fingerprint density at radius 3 is 2.19 bits per heavy atom. The molecule has 1 fully saturated rings. The lowest BCUT2D eigenvalue weighted by atomic mass is 9.80. The van der Waals surface area contributed by atoms with E-state index in [1.165, 1.54) is 0 Å². The monoisotopic (exact) mass is 301 g/mol. The summed E-state index contributed by atoms with van der Waals surface area (Å²) in [5, 5.41) is 19.4. The Morgan fingerprint density at radius 1 is 1.29 bits per heavy atom. The number of aliphatic imine (C=N–C) groups is 1. The van der Waals surface area contributed by atoms with Crippen molar-refractivity contribution in [2.75, 3.05) is 6.61 Å². The van der Waals surface area contributed by atoms with E-state index in [0.717, 1.165) is 26.9 Å². The molecule has 2 N–H and O–H groups in total. The fourth-order valence-electron chi connectivity index (χ4n) is 2.44. The van der Waals surface area contributed by atoms with Gasteiger partial charge in [-0.2, -0.15) is 4.99 Å². The van der Waals surface area contributed by atoms with Crippen LogP contribution in [0.2, 0.25) is 0 Å². The summed E-state index contributed by atoms with van der Waals surface area (Å²) in [6.45, 7) is 2.03. The number of esters is 1. The zero-order valence-electron chi connectivity index (χ0n) is 11.7. The fraction of sp³-hybridized carbons (Fsp3) is 0.667. The zero-order valence-corrected chi connectivity index (χ0v) is 11.7. The molecular formula is C12H15NO8.